The fourth-order valence-electron chi connectivity index (χ4n) is 2.48. The Morgan fingerprint density at radius 3 is 2.60 bits per heavy atom. The fourth-order valence-corrected chi connectivity index (χ4v) is 2.48. The van der Waals surface area contributed by atoms with Gasteiger partial charge in [0.05, 0.1) is 0 Å². The van der Waals surface area contributed by atoms with Crippen molar-refractivity contribution in [2.24, 2.45) is 0 Å². The van der Waals surface area contributed by atoms with Crippen LogP contribution in [-0.2, 0) is 0 Å². The summed E-state index contributed by atoms with van der Waals surface area (Å²) in [5, 5.41) is 3.54. The van der Waals surface area contributed by atoms with E-state index in [-0.39, 0.29) is 0 Å². The largest absolute Gasteiger partial charge is 0.313 e. The van der Waals surface area contributed by atoms with Gasteiger partial charge in [-0.05, 0) is 33.2 Å². The minimum absolute atomic E-state index is 0.606. The van der Waals surface area contributed by atoms with E-state index < -0.39 is 0 Å². The molecule has 2 unspecified atom stereocenters. The van der Waals surface area contributed by atoms with E-state index in [4.69, 9.17) is 0 Å². The first-order valence-corrected chi connectivity index (χ1v) is 6.60. The van der Waals surface area contributed by atoms with Gasteiger partial charge in [0.1, 0.15) is 0 Å². The molecule has 1 aliphatic heterocycles. The number of likely N-dealkylation sites (tertiary alicyclic amines) is 1. The third-order valence-electron chi connectivity index (χ3n) is 3.49. The van der Waals surface area contributed by atoms with Crippen LogP contribution in [0, 0.1) is 0 Å². The summed E-state index contributed by atoms with van der Waals surface area (Å²) in [5.41, 5.74) is 0. The van der Waals surface area contributed by atoms with E-state index >= 15 is 0 Å². The summed E-state index contributed by atoms with van der Waals surface area (Å²) in [4.78, 5) is 2.68. The second kappa shape index (κ2) is 6.49. The molecule has 0 aromatic carbocycles. The highest BCUT2D eigenvalue weighted by atomic mass is 15.2. The Morgan fingerprint density at radius 1 is 1.20 bits per heavy atom. The molecule has 1 heterocycles. The maximum Gasteiger partial charge on any atom is 0.0195 e. The fraction of sp³-hybridized carbons (Fsp3) is 1.00. The molecule has 0 aliphatic carbocycles. The number of hydrogen-bond donors (Lipinski definition) is 1. The quantitative estimate of drug-likeness (QED) is 0.770. The second-order valence-corrected chi connectivity index (χ2v) is 5.35. The van der Waals surface area contributed by atoms with Crippen molar-refractivity contribution >= 4 is 0 Å². The van der Waals surface area contributed by atoms with Gasteiger partial charge in [-0.3, -0.25) is 4.90 Å². The molecule has 0 aromatic heterocycles. The zero-order valence-electron chi connectivity index (χ0n) is 10.9. The van der Waals surface area contributed by atoms with Crippen molar-refractivity contribution in [2.45, 2.75) is 71.5 Å². The highest BCUT2D eigenvalue weighted by Crippen LogP contribution is 2.18. The van der Waals surface area contributed by atoms with E-state index in [1.807, 2.05) is 0 Å². The van der Waals surface area contributed by atoms with Gasteiger partial charge in [0.2, 0.25) is 0 Å². The Labute approximate surface area is 95.4 Å². The molecule has 1 fully saturated rings. The number of nitrogens with zero attached hydrogens (tertiary/aromatic N) is 1. The Kier molecular flexibility index (Phi) is 5.62. The molecule has 0 amide bonds. The van der Waals surface area contributed by atoms with Gasteiger partial charge < -0.3 is 5.32 Å². The van der Waals surface area contributed by atoms with Crippen LogP contribution >= 0.6 is 0 Å². The first-order chi connectivity index (χ1) is 7.11. The molecular formula is C13H28N2. The standard InChI is InChI=1S/C13H28N2/c1-11(2)14-10-13(4)15-9-7-5-6-8-12(15)3/h11-14H,5-10H2,1-4H3. The SMILES string of the molecule is CC(C)NCC(C)N1CCCCCC1C. The summed E-state index contributed by atoms with van der Waals surface area (Å²) >= 11 is 0. The van der Waals surface area contributed by atoms with Gasteiger partial charge in [-0.25, -0.2) is 0 Å². The van der Waals surface area contributed by atoms with Crippen LogP contribution in [0.25, 0.3) is 0 Å². The molecule has 90 valence electrons. The lowest BCUT2D eigenvalue weighted by Gasteiger charge is -2.33. The Bertz CT molecular complexity index is 168. The minimum Gasteiger partial charge on any atom is -0.313 e. The van der Waals surface area contributed by atoms with Crippen LogP contribution in [-0.4, -0.2) is 36.1 Å². The molecule has 0 spiro atoms. The van der Waals surface area contributed by atoms with E-state index in [1.165, 1.54) is 32.2 Å². The van der Waals surface area contributed by atoms with E-state index in [2.05, 4.69) is 37.9 Å². The molecule has 2 nitrogen and oxygen atoms in total. The highest BCUT2D eigenvalue weighted by molar-refractivity contribution is 4.78. The molecule has 2 heteroatoms. The van der Waals surface area contributed by atoms with Crippen molar-refractivity contribution in [3.8, 4) is 0 Å². The van der Waals surface area contributed by atoms with Crippen molar-refractivity contribution < 1.29 is 0 Å². The van der Waals surface area contributed by atoms with Crippen LogP contribution in [0.1, 0.15) is 53.4 Å². The lowest BCUT2D eigenvalue weighted by molar-refractivity contribution is 0.153. The zero-order valence-corrected chi connectivity index (χ0v) is 10.9. The molecule has 15 heavy (non-hydrogen) atoms. The molecule has 1 aliphatic rings. The molecule has 0 aromatic rings. The van der Waals surface area contributed by atoms with Gasteiger partial charge in [-0.2, -0.15) is 0 Å². The van der Waals surface area contributed by atoms with Crippen molar-refractivity contribution in [2.75, 3.05) is 13.1 Å². The highest BCUT2D eigenvalue weighted by Gasteiger charge is 2.21. The molecule has 1 N–H and O–H groups in total. The summed E-state index contributed by atoms with van der Waals surface area (Å²) in [6.45, 7) is 11.6. The van der Waals surface area contributed by atoms with E-state index in [9.17, 15) is 0 Å². The van der Waals surface area contributed by atoms with E-state index in [1.54, 1.807) is 0 Å². The monoisotopic (exact) mass is 212 g/mol. The zero-order chi connectivity index (χ0) is 11.3. The maximum atomic E-state index is 3.54. The topological polar surface area (TPSA) is 15.3 Å². The first kappa shape index (κ1) is 13.0. The molecule has 2 atom stereocenters. The van der Waals surface area contributed by atoms with Gasteiger partial charge in [0.25, 0.3) is 0 Å². The van der Waals surface area contributed by atoms with Gasteiger partial charge >= 0.3 is 0 Å². The summed E-state index contributed by atoms with van der Waals surface area (Å²) < 4.78 is 0. The Balaban J connectivity index is 2.37. The Morgan fingerprint density at radius 2 is 1.93 bits per heavy atom. The summed E-state index contributed by atoms with van der Waals surface area (Å²) in [7, 11) is 0. The maximum absolute atomic E-state index is 3.54. The van der Waals surface area contributed by atoms with Crippen LogP contribution in [0.5, 0.6) is 0 Å². The molecule has 0 bridgehead atoms. The van der Waals surface area contributed by atoms with E-state index in [0.717, 1.165) is 12.6 Å². The number of nitrogens with one attached hydrogen (secondary N) is 1. The molecule has 1 rings (SSSR count). The normalized spacial score (nSPS) is 26.6. The molecule has 0 radical (unpaired) electrons. The van der Waals surface area contributed by atoms with Crippen molar-refractivity contribution in [1.82, 2.24) is 10.2 Å². The van der Waals surface area contributed by atoms with E-state index in [0.29, 0.717) is 12.1 Å². The van der Waals surface area contributed by atoms with Gasteiger partial charge in [-0.15, -0.1) is 0 Å². The molecule has 0 saturated carbocycles. The van der Waals surface area contributed by atoms with Crippen LogP contribution in [0.3, 0.4) is 0 Å². The lowest BCUT2D eigenvalue weighted by atomic mass is 10.1. The predicted octanol–water partition coefficient (Wildman–Crippen LogP) is 2.64. The number of hydrogen-bond acceptors (Lipinski definition) is 2. The first-order valence-electron chi connectivity index (χ1n) is 6.60. The smallest absolute Gasteiger partial charge is 0.0195 e. The predicted molar refractivity (Wildman–Crippen MR) is 67.2 cm³/mol. The summed E-state index contributed by atoms with van der Waals surface area (Å²) in [6, 6.07) is 2.06. The summed E-state index contributed by atoms with van der Waals surface area (Å²) in [6.07, 6.45) is 5.61. The van der Waals surface area contributed by atoms with Crippen LogP contribution in [0.15, 0.2) is 0 Å². The lowest BCUT2D eigenvalue weighted by Crippen LogP contribution is -2.46. The second-order valence-electron chi connectivity index (χ2n) is 5.35. The van der Waals surface area contributed by atoms with Crippen molar-refractivity contribution in [1.29, 1.82) is 0 Å². The van der Waals surface area contributed by atoms with Gasteiger partial charge in [0, 0.05) is 24.7 Å². The van der Waals surface area contributed by atoms with Crippen molar-refractivity contribution in [3.05, 3.63) is 0 Å². The van der Waals surface area contributed by atoms with Gasteiger partial charge in [0.15, 0.2) is 0 Å². The van der Waals surface area contributed by atoms with Crippen LogP contribution in [0.2, 0.25) is 0 Å². The van der Waals surface area contributed by atoms with Crippen molar-refractivity contribution in [3.63, 3.8) is 0 Å². The van der Waals surface area contributed by atoms with Crippen LogP contribution in [0.4, 0.5) is 0 Å². The molecule has 1 saturated heterocycles. The molecular weight excluding hydrogens is 184 g/mol. The minimum atomic E-state index is 0.606. The van der Waals surface area contributed by atoms with Crippen LogP contribution < -0.4 is 5.32 Å². The average molecular weight is 212 g/mol. The van der Waals surface area contributed by atoms with Gasteiger partial charge in [-0.1, -0.05) is 26.7 Å². The number of rotatable bonds is 4. The Hall–Kier alpha value is -0.0800. The average Bonchev–Trinajstić information content (AvgIpc) is 2.39. The third-order valence-corrected chi connectivity index (χ3v) is 3.49. The summed E-state index contributed by atoms with van der Waals surface area (Å²) in [5.74, 6) is 0. The third kappa shape index (κ3) is 4.52.